The van der Waals surface area contributed by atoms with Crippen molar-refractivity contribution in [3.8, 4) is 0 Å². The Balaban J connectivity index is 4.47. The Bertz CT molecular complexity index is 281. The van der Waals surface area contributed by atoms with Crippen LogP contribution in [0.2, 0.25) is 0 Å². The number of amidine groups is 1. The highest BCUT2D eigenvalue weighted by atomic mass is 16.5. The maximum Gasteiger partial charge on any atom is 0.233 e. The molecule has 0 heterocycles. The van der Waals surface area contributed by atoms with Gasteiger partial charge in [-0.3, -0.25) is 4.79 Å². The van der Waals surface area contributed by atoms with Gasteiger partial charge in [-0.15, -0.1) is 0 Å². The van der Waals surface area contributed by atoms with E-state index in [-0.39, 0.29) is 17.8 Å². The van der Waals surface area contributed by atoms with Gasteiger partial charge in [0.1, 0.15) is 5.41 Å². The van der Waals surface area contributed by atoms with E-state index in [9.17, 15) is 4.79 Å². The number of hydrogen-bond acceptors (Lipinski definition) is 4. The standard InChI is InChI=1S/C11H23N3O3/c1-5-11(4,9(12)14-16)10(15)13-7-8(3)17-6-2/h8,16H,5-7H2,1-4H3,(H2,12,14)(H,13,15). The van der Waals surface area contributed by atoms with Crippen molar-refractivity contribution in [2.24, 2.45) is 16.3 Å². The highest BCUT2D eigenvalue weighted by molar-refractivity contribution is 6.06. The van der Waals surface area contributed by atoms with E-state index in [0.717, 1.165) is 0 Å². The molecule has 0 spiro atoms. The van der Waals surface area contributed by atoms with E-state index in [1.807, 2.05) is 20.8 Å². The van der Waals surface area contributed by atoms with Crippen LogP contribution in [0, 0.1) is 5.41 Å². The molecule has 6 heteroatoms. The van der Waals surface area contributed by atoms with Gasteiger partial charge in [0.25, 0.3) is 0 Å². The van der Waals surface area contributed by atoms with Crippen LogP contribution in [-0.4, -0.2) is 36.2 Å². The quantitative estimate of drug-likeness (QED) is 0.266. The highest BCUT2D eigenvalue weighted by Crippen LogP contribution is 2.21. The maximum absolute atomic E-state index is 12.0. The topological polar surface area (TPSA) is 96.9 Å². The summed E-state index contributed by atoms with van der Waals surface area (Å²) in [4.78, 5) is 12.0. The van der Waals surface area contributed by atoms with Gasteiger partial charge >= 0.3 is 0 Å². The normalized spacial score (nSPS) is 17.3. The van der Waals surface area contributed by atoms with E-state index in [1.165, 1.54) is 0 Å². The van der Waals surface area contributed by atoms with Crippen molar-refractivity contribution < 1.29 is 14.7 Å². The molecule has 0 aromatic carbocycles. The van der Waals surface area contributed by atoms with Gasteiger partial charge in [-0.2, -0.15) is 0 Å². The Kier molecular flexibility index (Phi) is 6.57. The number of rotatable bonds is 7. The van der Waals surface area contributed by atoms with Crippen LogP contribution < -0.4 is 11.1 Å². The predicted octanol–water partition coefficient (Wildman–Crippen LogP) is 0.690. The van der Waals surface area contributed by atoms with Crippen molar-refractivity contribution in [1.82, 2.24) is 5.32 Å². The Morgan fingerprint density at radius 3 is 2.59 bits per heavy atom. The van der Waals surface area contributed by atoms with E-state index in [0.29, 0.717) is 19.6 Å². The molecule has 100 valence electrons. The summed E-state index contributed by atoms with van der Waals surface area (Å²) in [7, 11) is 0. The summed E-state index contributed by atoms with van der Waals surface area (Å²) >= 11 is 0. The minimum atomic E-state index is -0.985. The van der Waals surface area contributed by atoms with E-state index in [2.05, 4.69) is 10.5 Å². The Labute approximate surface area is 102 Å². The molecule has 17 heavy (non-hydrogen) atoms. The fourth-order valence-electron chi connectivity index (χ4n) is 1.34. The fourth-order valence-corrected chi connectivity index (χ4v) is 1.34. The molecule has 0 bridgehead atoms. The molecule has 0 aliphatic rings. The number of ether oxygens (including phenoxy) is 1. The van der Waals surface area contributed by atoms with Gasteiger partial charge in [0.15, 0.2) is 5.84 Å². The molecule has 0 aromatic heterocycles. The number of nitrogens with one attached hydrogen (secondary N) is 1. The Morgan fingerprint density at radius 2 is 2.18 bits per heavy atom. The highest BCUT2D eigenvalue weighted by Gasteiger charge is 2.36. The lowest BCUT2D eigenvalue weighted by atomic mass is 9.85. The number of amides is 1. The largest absolute Gasteiger partial charge is 0.409 e. The van der Waals surface area contributed by atoms with E-state index in [4.69, 9.17) is 15.7 Å². The lowest BCUT2D eigenvalue weighted by Crippen LogP contribution is -2.49. The van der Waals surface area contributed by atoms with Gasteiger partial charge in [-0.25, -0.2) is 0 Å². The molecule has 0 fully saturated rings. The molecule has 0 aromatic rings. The third kappa shape index (κ3) is 4.22. The summed E-state index contributed by atoms with van der Waals surface area (Å²) in [6, 6.07) is 0. The van der Waals surface area contributed by atoms with Crippen LogP contribution in [-0.2, 0) is 9.53 Å². The van der Waals surface area contributed by atoms with Crippen LogP contribution in [0.1, 0.15) is 34.1 Å². The molecular weight excluding hydrogens is 222 g/mol. The molecule has 2 atom stereocenters. The monoisotopic (exact) mass is 245 g/mol. The second-order valence-corrected chi connectivity index (χ2v) is 4.15. The predicted molar refractivity (Wildman–Crippen MR) is 65.9 cm³/mol. The minimum absolute atomic E-state index is 0.0580. The van der Waals surface area contributed by atoms with E-state index >= 15 is 0 Å². The number of nitrogens with zero attached hydrogens (tertiary/aromatic N) is 1. The summed E-state index contributed by atoms with van der Waals surface area (Å²) in [5, 5.41) is 14.3. The molecule has 1 amide bonds. The van der Waals surface area contributed by atoms with Crippen LogP contribution in [0.15, 0.2) is 5.16 Å². The van der Waals surface area contributed by atoms with Crippen molar-refractivity contribution >= 4 is 11.7 Å². The second kappa shape index (κ2) is 7.11. The van der Waals surface area contributed by atoms with Crippen molar-refractivity contribution in [3.63, 3.8) is 0 Å². The first-order valence-corrected chi connectivity index (χ1v) is 5.80. The first kappa shape index (κ1) is 15.7. The van der Waals surface area contributed by atoms with Crippen LogP contribution >= 0.6 is 0 Å². The zero-order valence-corrected chi connectivity index (χ0v) is 11.0. The SMILES string of the molecule is CCOC(C)CNC(=O)C(C)(CC)C(N)=NO. The lowest BCUT2D eigenvalue weighted by molar-refractivity contribution is -0.127. The Morgan fingerprint density at radius 1 is 1.59 bits per heavy atom. The van der Waals surface area contributed by atoms with E-state index in [1.54, 1.807) is 6.92 Å². The summed E-state index contributed by atoms with van der Waals surface area (Å²) < 4.78 is 5.30. The van der Waals surface area contributed by atoms with Gasteiger partial charge in [0, 0.05) is 13.2 Å². The van der Waals surface area contributed by atoms with Crippen molar-refractivity contribution in [2.45, 2.75) is 40.2 Å². The third-order valence-electron chi connectivity index (χ3n) is 2.88. The molecule has 0 aliphatic carbocycles. The minimum Gasteiger partial charge on any atom is -0.409 e. The number of oxime groups is 1. The molecule has 0 radical (unpaired) electrons. The summed E-state index contributed by atoms with van der Waals surface area (Å²) in [5.74, 6) is -0.344. The van der Waals surface area contributed by atoms with Gasteiger partial charge in [0.05, 0.1) is 6.10 Å². The third-order valence-corrected chi connectivity index (χ3v) is 2.88. The maximum atomic E-state index is 12.0. The molecule has 0 saturated heterocycles. The molecule has 0 rings (SSSR count). The van der Waals surface area contributed by atoms with Gasteiger partial charge in [-0.1, -0.05) is 12.1 Å². The molecule has 2 unspecified atom stereocenters. The average molecular weight is 245 g/mol. The number of carbonyl (C=O) groups is 1. The number of carbonyl (C=O) groups excluding carboxylic acids is 1. The van der Waals surface area contributed by atoms with Crippen LogP contribution in [0.25, 0.3) is 0 Å². The van der Waals surface area contributed by atoms with Crippen LogP contribution in [0.3, 0.4) is 0 Å². The van der Waals surface area contributed by atoms with Crippen molar-refractivity contribution in [3.05, 3.63) is 0 Å². The summed E-state index contributed by atoms with van der Waals surface area (Å²) in [6.07, 6.45) is 0.398. The first-order chi connectivity index (χ1) is 7.92. The van der Waals surface area contributed by atoms with Crippen molar-refractivity contribution in [2.75, 3.05) is 13.2 Å². The fraction of sp³-hybridized carbons (Fsp3) is 0.818. The zero-order chi connectivity index (χ0) is 13.5. The smallest absolute Gasteiger partial charge is 0.233 e. The molecule has 6 nitrogen and oxygen atoms in total. The summed E-state index contributed by atoms with van der Waals surface area (Å²) in [6.45, 7) is 8.22. The molecular formula is C11H23N3O3. The first-order valence-electron chi connectivity index (χ1n) is 5.80. The molecule has 0 aliphatic heterocycles. The average Bonchev–Trinajstić information content (AvgIpc) is 2.34. The molecule has 4 N–H and O–H groups in total. The van der Waals surface area contributed by atoms with Gasteiger partial charge < -0.3 is 21.0 Å². The van der Waals surface area contributed by atoms with E-state index < -0.39 is 5.41 Å². The molecule has 0 saturated carbocycles. The van der Waals surface area contributed by atoms with Gasteiger partial charge in [-0.05, 0) is 27.2 Å². The summed E-state index contributed by atoms with van der Waals surface area (Å²) in [5.41, 5.74) is 4.55. The Hall–Kier alpha value is -1.30. The number of hydrogen-bond donors (Lipinski definition) is 3. The lowest BCUT2D eigenvalue weighted by Gasteiger charge is -2.26. The zero-order valence-electron chi connectivity index (χ0n) is 11.0. The van der Waals surface area contributed by atoms with Gasteiger partial charge in [0.2, 0.25) is 5.91 Å². The van der Waals surface area contributed by atoms with Crippen LogP contribution in [0.4, 0.5) is 0 Å². The van der Waals surface area contributed by atoms with Crippen LogP contribution in [0.5, 0.6) is 0 Å². The second-order valence-electron chi connectivity index (χ2n) is 4.15. The van der Waals surface area contributed by atoms with Crippen molar-refractivity contribution in [1.29, 1.82) is 0 Å². The number of nitrogens with two attached hydrogens (primary N) is 1.